The van der Waals surface area contributed by atoms with Crippen LogP contribution in [0.25, 0.3) is 11.1 Å². The minimum Gasteiger partial charge on any atom is -0.508 e. The molecule has 0 unspecified atom stereocenters. The van der Waals surface area contributed by atoms with E-state index in [1.807, 2.05) is 0 Å². The second-order valence-corrected chi connectivity index (χ2v) is 11.3. The fraction of sp³-hybridized carbons (Fsp3) is 0.250. The molecule has 0 aliphatic heterocycles. The van der Waals surface area contributed by atoms with Crippen LogP contribution in [0.15, 0.2) is 35.4 Å². The van der Waals surface area contributed by atoms with E-state index in [-0.39, 0.29) is 33.9 Å². The first-order chi connectivity index (χ1) is 21.1. The molecule has 0 bridgehead atoms. The van der Waals surface area contributed by atoms with Gasteiger partial charge in [-0.15, -0.1) is 0 Å². The first-order valence-corrected chi connectivity index (χ1v) is 13.5. The third-order valence-electron chi connectivity index (χ3n) is 8.78. The Balaban J connectivity index is 1.70. The van der Waals surface area contributed by atoms with Gasteiger partial charge in [0, 0.05) is 45.0 Å². The lowest BCUT2D eigenvalue weighted by Crippen LogP contribution is -2.61. The van der Waals surface area contributed by atoms with Crippen LogP contribution in [0.2, 0.25) is 0 Å². The number of benzene rings is 3. The molecule has 45 heavy (non-hydrogen) atoms. The number of methoxy groups -OCH3 is 2. The van der Waals surface area contributed by atoms with Crippen molar-refractivity contribution in [3.05, 3.63) is 74.4 Å². The quantitative estimate of drug-likeness (QED) is 0.171. The highest BCUT2D eigenvalue weighted by Crippen LogP contribution is 2.54. The monoisotopic (exact) mass is 618 g/mol. The van der Waals surface area contributed by atoms with E-state index < -0.39 is 97.5 Å². The highest BCUT2D eigenvalue weighted by molar-refractivity contribution is 6.33. The van der Waals surface area contributed by atoms with Crippen molar-refractivity contribution in [1.82, 2.24) is 0 Å². The van der Waals surface area contributed by atoms with Gasteiger partial charge in [0.25, 0.3) is 0 Å². The SMILES string of the molecule is COc1cc2c(c(O)c1-c1c(OC)cc(O)c3c1C(=O)C1=C(C3=O)[C@H](O)[C@@H](O)[C@@](C)(O)[C@@H]1O)C(=O)c1cc(O)c(C)cc1C2=O. The van der Waals surface area contributed by atoms with Gasteiger partial charge in [-0.1, -0.05) is 0 Å². The lowest BCUT2D eigenvalue weighted by Gasteiger charge is -2.44. The summed E-state index contributed by atoms with van der Waals surface area (Å²) in [6.07, 6.45) is -6.42. The van der Waals surface area contributed by atoms with E-state index in [2.05, 4.69) is 0 Å². The number of aliphatic hydroxyl groups excluding tert-OH is 3. The number of ether oxygens (including phenoxy) is 2. The Kier molecular flexibility index (Phi) is 6.47. The predicted octanol–water partition coefficient (Wildman–Crippen LogP) is 1.09. The molecule has 0 heterocycles. The molecule has 0 spiro atoms. The number of aryl methyl sites for hydroxylation is 1. The number of ketones is 4. The van der Waals surface area contributed by atoms with Crippen molar-refractivity contribution in [3.63, 3.8) is 0 Å². The molecule has 3 aromatic rings. The molecule has 232 valence electrons. The maximum Gasteiger partial charge on any atom is 0.198 e. The van der Waals surface area contributed by atoms with E-state index in [4.69, 9.17) is 9.47 Å². The van der Waals surface area contributed by atoms with E-state index in [0.29, 0.717) is 5.56 Å². The Morgan fingerprint density at radius 1 is 0.644 bits per heavy atom. The second-order valence-electron chi connectivity index (χ2n) is 11.3. The molecule has 0 radical (unpaired) electrons. The van der Waals surface area contributed by atoms with Crippen LogP contribution in [-0.4, -0.2) is 97.0 Å². The number of rotatable bonds is 3. The fourth-order valence-corrected chi connectivity index (χ4v) is 6.33. The average Bonchev–Trinajstić information content (AvgIpc) is 2.99. The van der Waals surface area contributed by atoms with Crippen LogP contribution in [0.5, 0.6) is 28.7 Å². The van der Waals surface area contributed by atoms with Crippen LogP contribution in [-0.2, 0) is 0 Å². The normalized spacial score (nSPS) is 23.8. The summed E-state index contributed by atoms with van der Waals surface area (Å²) in [6, 6.07) is 4.50. The fourth-order valence-electron chi connectivity index (χ4n) is 6.33. The second kappa shape index (κ2) is 9.71. The van der Waals surface area contributed by atoms with Gasteiger partial charge in [-0.25, -0.2) is 0 Å². The number of phenols is 3. The zero-order valence-electron chi connectivity index (χ0n) is 24.1. The van der Waals surface area contributed by atoms with Crippen molar-refractivity contribution in [2.45, 2.75) is 37.8 Å². The molecule has 7 N–H and O–H groups in total. The largest absolute Gasteiger partial charge is 0.508 e. The average molecular weight is 619 g/mol. The minimum absolute atomic E-state index is 0.0316. The van der Waals surface area contributed by atoms with Crippen molar-refractivity contribution < 1.29 is 64.4 Å². The number of aromatic hydroxyl groups is 3. The Hall–Kier alpha value is -5.08. The molecule has 0 saturated carbocycles. The molecule has 3 aliphatic carbocycles. The minimum atomic E-state index is -2.50. The van der Waals surface area contributed by atoms with Crippen LogP contribution < -0.4 is 9.47 Å². The molecule has 3 aliphatic rings. The number of hydrogen-bond acceptors (Lipinski definition) is 13. The number of phenolic OH excluding ortho intramolecular Hbond substituents is 3. The summed E-state index contributed by atoms with van der Waals surface area (Å²) in [5.41, 5.74) is -6.84. The Morgan fingerprint density at radius 3 is 1.84 bits per heavy atom. The van der Waals surface area contributed by atoms with Gasteiger partial charge in [0.05, 0.1) is 30.9 Å². The van der Waals surface area contributed by atoms with Crippen molar-refractivity contribution >= 4 is 23.1 Å². The molecule has 0 fully saturated rings. The number of aliphatic hydroxyl groups is 4. The van der Waals surface area contributed by atoms with Crippen molar-refractivity contribution in [1.29, 1.82) is 0 Å². The van der Waals surface area contributed by atoms with Crippen molar-refractivity contribution in [3.8, 4) is 39.9 Å². The number of hydrogen-bond donors (Lipinski definition) is 7. The van der Waals surface area contributed by atoms with E-state index in [9.17, 15) is 54.9 Å². The van der Waals surface area contributed by atoms with Crippen LogP contribution in [0, 0.1) is 6.92 Å². The summed E-state index contributed by atoms with van der Waals surface area (Å²) in [4.78, 5) is 55.2. The molecule has 6 rings (SSSR count). The van der Waals surface area contributed by atoms with Gasteiger partial charge in [-0.3, -0.25) is 19.2 Å². The maximum atomic E-state index is 14.2. The maximum absolute atomic E-state index is 14.2. The third-order valence-corrected chi connectivity index (χ3v) is 8.78. The Labute approximate surface area is 253 Å². The van der Waals surface area contributed by atoms with Gasteiger partial charge < -0.3 is 45.2 Å². The number of carbonyl (C=O) groups is 4. The van der Waals surface area contributed by atoms with Gasteiger partial charge in [-0.05, 0) is 37.6 Å². The molecule has 0 amide bonds. The van der Waals surface area contributed by atoms with Gasteiger partial charge in [-0.2, -0.15) is 0 Å². The summed E-state index contributed by atoms with van der Waals surface area (Å²) in [5, 5.41) is 75.8. The molecular weight excluding hydrogens is 592 g/mol. The van der Waals surface area contributed by atoms with Crippen molar-refractivity contribution in [2.24, 2.45) is 0 Å². The molecule has 13 nitrogen and oxygen atoms in total. The van der Waals surface area contributed by atoms with E-state index in [0.717, 1.165) is 32.2 Å². The number of Topliss-reactive ketones (excluding diaryl/α,β-unsaturated/α-hetero) is 2. The Morgan fingerprint density at radius 2 is 1.22 bits per heavy atom. The van der Waals surface area contributed by atoms with Crippen LogP contribution >= 0.6 is 0 Å². The van der Waals surface area contributed by atoms with E-state index in [1.165, 1.54) is 20.1 Å². The lowest BCUT2D eigenvalue weighted by atomic mass is 9.67. The highest BCUT2D eigenvalue weighted by atomic mass is 16.5. The van der Waals surface area contributed by atoms with E-state index >= 15 is 0 Å². The highest BCUT2D eigenvalue weighted by Gasteiger charge is 2.56. The summed E-state index contributed by atoms with van der Waals surface area (Å²) >= 11 is 0. The first kappa shape index (κ1) is 30.0. The van der Waals surface area contributed by atoms with Crippen LogP contribution in [0.1, 0.15) is 65.0 Å². The lowest BCUT2D eigenvalue weighted by molar-refractivity contribution is -0.158. The summed E-state index contributed by atoms with van der Waals surface area (Å²) in [6.45, 7) is 2.48. The van der Waals surface area contributed by atoms with Crippen LogP contribution in [0.3, 0.4) is 0 Å². The summed E-state index contributed by atoms with van der Waals surface area (Å²) in [7, 11) is 2.31. The van der Waals surface area contributed by atoms with Gasteiger partial charge in [0.1, 0.15) is 52.7 Å². The smallest absolute Gasteiger partial charge is 0.198 e. The molecule has 4 atom stereocenters. The third kappa shape index (κ3) is 3.75. The zero-order valence-corrected chi connectivity index (χ0v) is 24.1. The zero-order chi connectivity index (χ0) is 33.0. The molecule has 0 aromatic heterocycles. The standard InChI is InChI=1S/C32H26O13/c1-9-5-10-11(6-13(9)33)25(36)17-12(24(10)35)7-15(44-3)20(26(17)37)19-16(45-4)8-14(34)18-21(19)28(39)23-22(27(18)38)29(40)31(42)32(2,43)30(23)41/h5-8,29-31,33-34,37,40-43H,1-4H3/t29-,30+,31+,32-/m0/s1. The summed E-state index contributed by atoms with van der Waals surface area (Å²) in [5.74, 6) is -6.41. The van der Waals surface area contributed by atoms with Gasteiger partial charge in [0.2, 0.25) is 0 Å². The number of carbonyl (C=O) groups excluding carboxylic acids is 4. The molecular formula is C32H26O13. The predicted molar refractivity (Wildman–Crippen MR) is 152 cm³/mol. The topological polar surface area (TPSA) is 228 Å². The first-order valence-electron chi connectivity index (χ1n) is 13.5. The van der Waals surface area contributed by atoms with Crippen LogP contribution in [0.4, 0.5) is 0 Å². The molecule has 13 heteroatoms. The van der Waals surface area contributed by atoms with E-state index in [1.54, 1.807) is 0 Å². The Bertz CT molecular complexity index is 1970. The van der Waals surface area contributed by atoms with Gasteiger partial charge >= 0.3 is 0 Å². The van der Waals surface area contributed by atoms with Crippen molar-refractivity contribution in [2.75, 3.05) is 14.2 Å². The molecule has 0 saturated heterocycles. The number of fused-ring (bicyclic) bond motifs is 3. The van der Waals surface area contributed by atoms with Gasteiger partial charge in [0.15, 0.2) is 23.1 Å². The molecule has 3 aromatic carbocycles. The summed E-state index contributed by atoms with van der Waals surface area (Å²) < 4.78 is 10.9.